The van der Waals surface area contributed by atoms with E-state index in [-0.39, 0.29) is 5.91 Å². The van der Waals surface area contributed by atoms with Gasteiger partial charge in [-0.15, -0.1) is 0 Å². The van der Waals surface area contributed by atoms with Gasteiger partial charge in [-0.1, -0.05) is 18.2 Å². The molecule has 5 heteroatoms. The van der Waals surface area contributed by atoms with Gasteiger partial charge in [0.1, 0.15) is 5.60 Å². The van der Waals surface area contributed by atoms with E-state index in [0.29, 0.717) is 26.1 Å². The minimum atomic E-state index is -0.557. The first-order chi connectivity index (χ1) is 11.1. The van der Waals surface area contributed by atoms with Crippen LogP contribution < -0.4 is 0 Å². The van der Waals surface area contributed by atoms with Crippen molar-refractivity contribution in [3.63, 3.8) is 0 Å². The van der Waals surface area contributed by atoms with Gasteiger partial charge in [0, 0.05) is 37.3 Å². The highest BCUT2D eigenvalue weighted by atomic mass is 16.5. The van der Waals surface area contributed by atoms with E-state index in [1.54, 1.807) is 0 Å². The summed E-state index contributed by atoms with van der Waals surface area (Å²) >= 11 is 0. The number of ether oxygens (including phenoxy) is 1. The van der Waals surface area contributed by atoms with E-state index in [1.165, 1.54) is 0 Å². The number of carbonyl (C=O) groups is 1. The summed E-state index contributed by atoms with van der Waals surface area (Å²) < 4.78 is 7.84. The molecule has 2 aliphatic heterocycles. The zero-order chi connectivity index (χ0) is 16.0. The molecule has 2 atom stereocenters. The summed E-state index contributed by atoms with van der Waals surface area (Å²) in [6, 6.07) is 7.95. The van der Waals surface area contributed by atoms with Gasteiger partial charge in [0.15, 0.2) is 0 Å². The molecule has 23 heavy (non-hydrogen) atoms. The number of likely N-dealkylation sites (tertiary alicyclic amines) is 1. The molecule has 1 amide bonds. The quantitative estimate of drug-likeness (QED) is 0.875. The molecular weight excluding hydrogens is 292 g/mol. The second-order valence-corrected chi connectivity index (χ2v) is 6.72. The molecule has 2 saturated heterocycles. The number of carbonyl (C=O) groups excluding carboxylic acids is 1. The number of para-hydroxylation sites is 1. The number of fused-ring (bicyclic) bond motifs is 1. The molecule has 4 rings (SSSR count). The van der Waals surface area contributed by atoms with Crippen LogP contribution in [0, 0.1) is 0 Å². The maximum atomic E-state index is 13.0. The number of rotatable bonds is 1. The summed E-state index contributed by atoms with van der Waals surface area (Å²) in [6.07, 6.45) is 3.79. The van der Waals surface area contributed by atoms with Gasteiger partial charge in [-0.05, 0) is 25.3 Å². The van der Waals surface area contributed by atoms with Crippen molar-refractivity contribution in [2.24, 2.45) is 7.05 Å². The molecule has 0 unspecified atom stereocenters. The van der Waals surface area contributed by atoms with Crippen LogP contribution in [0.5, 0.6) is 0 Å². The highest BCUT2D eigenvalue weighted by Gasteiger charge is 2.47. The lowest BCUT2D eigenvalue weighted by atomic mass is 9.87. The van der Waals surface area contributed by atoms with Gasteiger partial charge in [-0.3, -0.25) is 4.79 Å². The summed E-state index contributed by atoms with van der Waals surface area (Å²) in [6.45, 7) is 1.73. The number of hydrogen-bond acceptors (Lipinski definition) is 3. The van der Waals surface area contributed by atoms with Crippen molar-refractivity contribution in [3.05, 3.63) is 36.0 Å². The molecule has 1 aromatic carbocycles. The van der Waals surface area contributed by atoms with Gasteiger partial charge in [-0.2, -0.15) is 0 Å². The van der Waals surface area contributed by atoms with Crippen molar-refractivity contribution < 1.29 is 14.6 Å². The van der Waals surface area contributed by atoms with Crippen molar-refractivity contribution in [2.45, 2.75) is 31.0 Å². The number of amides is 1. The normalized spacial score (nSPS) is 27.9. The monoisotopic (exact) mass is 314 g/mol. The standard InChI is InChI=1S/C18H22N2O3/c1-19-11-14(13-5-2-3-6-15(13)19)17(22)20-9-7-16(21)18(12-20)8-4-10-23-18/h2-3,5-6,11,16,21H,4,7-10,12H2,1H3/t16-,18-/m0/s1. The van der Waals surface area contributed by atoms with Gasteiger partial charge in [0.05, 0.1) is 18.2 Å². The van der Waals surface area contributed by atoms with Crippen molar-refractivity contribution >= 4 is 16.8 Å². The third-order valence-electron chi connectivity index (χ3n) is 5.29. The van der Waals surface area contributed by atoms with Crippen LogP contribution in [0.3, 0.4) is 0 Å². The molecule has 1 aromatic heterocycles. The Morgan fingerprint density at radius 2 is 2.22 bits per heavy atom. The first-order valence-electron chi connectivity index (χ1n) is 8.26. The highest BCUT2D eigenvalue weighted by Crippen LogP contribution is 2.35. The first-order valence-corrected chi connectivity index (χ1v) is 8.26. The van der Waals surface area contributed by atoms with E-state index >= 15 is 0 Å². The Hall–Kier alpha value is -1.85. The van der Waals surface area contributed by atoms with Gasteiger partial charge in [0.25, 0.3) is 5.91 Å². The first kappa shape index (κ1) is 14.7. The van der Waals surface area contributed by atoms with E-state index in [2.05, 4.69) is 0 Å². The van der Waals surface area contributed by atoms with Crippen molar-refractivity contribution in [2.75, 3.05) is 19.7 Å². The molecule has 0 bridgehead atoms. The van der Waals surface area contributed by atoms with Crippen molar-refractivity contribution in [1.82, 2.24) is 9.47 Å². The fraction of sp³-hybridized carbons (Fsp3) is 0.500. The number of nitrogens with zero attached hydrogens (tertiary/aromatic N) is 2. The van der Waals surface area contributed by atoms with Crippen LogP contribution >= 0.6 is 0 Å². The smallest absolute Gasteiger partial charge is 0.256 e. The molecule has 1 N–H and O–H groups in total. The van der Waals surface area contributed by atoms with Crippen LogP contribution in [0.4, 0.5) is 0 Å². The SMILES string of the molecule is Cn1cc(C(=O)N2CC[C@H](O)[C@]3(CCCO3)C2)c2ccccc21. The molecule has 2 aliphatic rings. The third-order valence-corrected chi connectivity index (χ3v) is 5.29. The Balaban J connectivity index is 1.66. The Kier molecular flexibility index (Phi) is 3.43. The number of benzene rings is 1. The maximum absolute atomic E-state index is 13.0. The molecule has 2 aromatic rings. The lowest BCUT2D eigenvalue weighted by Gasteiger charge is -2.43. The lowest BCUT2D eigenvalue weighted by molar-refractivity contribution is -0.124. The van der Waals surface area contributed by atoms with Crippen LogP contribution in [0.15, 0.2) is 30.5 Å². The minimum Gasteiger partial charge on any atom is -0.390 e. The largest absolute Gasteiger partial charge is 0.390 e. The van der Waals surface area contributed by atoms with Crippen LogP contribution in [0.25, 0.3) is 10.9 Å². The molecule has 0 radical (unpaired) electrons. The maximum Gasteiger partial charge on any atom is 0.256 e. The molecule has 3 heterocycles. The topological polar surface area (TPSA) is 54.7 Å². The van der Waals surface area contributed by atoms with E-state index in [4.69, 9.17) is 4.74 Å². The van der Waals surface area contributed by atoms with Crippen molar-refractivity contribution in [1.29, 1.82) is 0 Å². The van der Waals surface area contributed by atoms with Crippen LogP contribution in [0.1, 0.15) is 29.6 Å². The Bertz CT molecular complexity index is 746. The second-order valence-electron chi connectivity index (χ2n) is 6.72. The molecular formula is C18H22N2O3. The zero-order valence-electron chi connectivity index (χ0n) is 13.4. The molecule has 0 saturated carbocycles. The Morgan fingerprint density at radius 1 is 1.39 bits per heavy atom. The Labute approximate surface area is 135 Å². The molecule has 5 nitrogen and oxygen atoms in total. The van der Waals surface area contributed by atoms with Crippen molar-refractivity contribution in [3.8, 4) is 0 Å². The van der Waals surface area contributed by atoms with Gasteiger partial charge < -0.3 is 19.3 Å². The average Bonchev–Trinajstić information content (AvgIpc) is 3.16. The molecule has 2 fully saturated rings. The van der Waals surface area contributed by atoms with Crippen LogP contribution in [0.2, 0.25) is 0 Å². The van der Waals surface area contributed by atoms with Crippen LogP contribution in [-0.2, 0) is 11.8 Å². The minimum absolute atomic E-state index is 0.0311. The number of hydrogen-bond donors (Lipinski definition) is 1. The number of aliphatic hydroxyl groups excluding tert-OH is 1. The predicted molar refractivity (Wildman–Crippen MR) is 87.4 cm³/mol. The lowest BCUT2D eigenvalue weighted by Crippen LogP contribution is -2.57. The molecule has 0 aliphatic carbocycles. The highest BCUT2D eigenvalue weighted by molar-refractivity contribution is 6.07. The average molecular weight is 314 g/mol. The summed E-state index contributed by atoms with van der Waals surface area (Å²) in [7, 11) is 1.96. The number of aromatic nitrogens is 1. The van der Waals surface area contributed by atoms with Crippen LogP contribution in [-0.4, -0.2) is 51.9 Å². The summed E-state index contributed by atoms with van der Waals surface area (Å²) in [5.41, 5.74) is 1.23. The van der Waals surface area contributed by atoms with Gasteiger partial charge in [0.2, 0.25) is 0 Å². The fourth-order valence-electron chi connectivity index (χ4n) is 4.01. The van der Waals surface area contributed by atoms with Gasteiger partial charge >= 0.3 is 0 Å². The van der Waals surface area contributed by atoms with E-state index < -0.39 is 11.7 Å². The fourth-order valence-corrected chi connectivity index (χ4v) is 4.01. The van der Waals surface area contributed by atoms with E-state index in [1.807, 2.05) is 47.0 Å². The summed E-state index contributed by atoms with van der Waals surface area (Å²) in [5, 5.41) is 11.3. The predicted octanol–water partition coefficient (Wildman–Crippen LogP) is 1.93. The summed E-state index contributed by atoms with van der Waals surface area (Å²) in [4.78, 5) is 14.9. The molecule has 1 spiro atoms. The van der Waals surface area contributed by atoms with E-state index in [0.717, 1.165) is 29.3 Å². The Morgan fingerprint density at radius 3 is 3.00 bits per heavy atom. The number of aryl methyl sites for hydroxylation is 1. The molecule has 122 valence electrons. The number of piperidine rings is 1. The van der Waals surface area contributed by atoms with E-state index in [9.17, 15) is 9.90 Å². The third kappa shape index (κ3) is 2.26. The van der Waals surface area contributed by atoms with Gasteiger partial charge in [-0.25, -0.2) is 0 Å². The summed E-state index contributed by atoms with van der Waals surface area (Å²) in [5.74, 6) is 0.0311. The second kappa shape index (κ2) is 5.35. The zero-order valence-corrected chi connectivity index (χ0v) is 13.4. The number of aliphatic hydroxyl groups is 1.